The molecule has 1 aromatic carbocycles. The van der Waals surface area contributed by atoms with Gasteiger partial charge in [0.15, 0.2) is 0 Å². The number of benzene rings is 1. The van der Waals surface area contributed by atoms with Crippen molar-refractivity contribution in [3.05, 3.63) is 33.3 Å². The Morgan fingerprint density at radius 2 is 2.00 bits per heavy atom. The molecule has 6 heteroatoms. The van der Waals surface area contributed by atoms with Gasteiger partial charge in [0.25, 0.3) is 5.91 Å². The second kappa shape index (κ2) is 10.2. The highest BCUT2D eigenvalue weighted by atomic mass is 79.9. The number of hydrogen-bond donors (Lipinski definition) is 1. The van der Waals surface area contributed by atoms with Gasteiger partial charge in [-0.3, -0.25) is 4.79 Å². The van der Waals surface area contributed by atoms with Crippen LogP contribution in [0.25, 0.3) is 0 Å². The van der Waals surface area contributed by atoms with Gasteiger partial charge in [-0.1, -0.05) is 41.4 Å². The minimum atomic E-state index is -0.148. The van der Waals surface area contributed by atoms with Gasteiger partial charge in [0.05, 0.1) is 13.2 Å². The van der Waals surface area contributed by atoms with E-state index in [0.29, 0.717) is 30.3 Å². The number of likely N-dealkylation sites (N-methyl/N-ethyl adjacent to an activating group) is 1. The predicted molar refractivity (Wildman–Crippen MR) is 90.1 cm³/mol. The molecule has 118 valence electrons. The van der Waals surface area contributed by atoms with Gasteiger partial charge in [-0.15, -0.1) is 0 Å². The zero-order valence-corrected chi connectivity index (χ0v) is 14.8. The highest BCUT2D eigenvalue weighted by molar-refractivity contribution is 9.10. The molecule has 1 N–H and O–H groups in total. The van der Waals surface area contributed by atoms with E-state index in [4.69, 9.17) is 16.3 Å². The molecule has 0 saturated carbocycles. The molecule has 0 aliphatic carbocycles. The van der Waals surface area contributed by atoms with Gasteiger partial charge in [-0.2, -0.15) is 0 Å². The van der Waals surface area contributed by atoms with Crippen LogP contribution in [-0.2, 0) is 4.74 Å². The van der Waals surface area contributed by atoms with Crippen molar-refractivity contribution in [2.24, 2.45) is 0 Å². The lowest BCUT2D eigenvalue weighted by Crippen LogP contribution is -2.30. The van der Waals surface area contributed by atoms with Gasteiger partial charge in [0.2, 0.25) is 0 Å². The fourth-order valence-corrected chi connectivity index (χ4v) is 2.72. The topological polar surface area (TPSA) is 41.6 Å². The lowest BCUT2D eigenvalue weighted by Gasteiger charge is -2.17. The minimum Gasteiger partial charge on any atom is -0.378 e. The Morgan fingerprint density at radius 1 is 1.29 bits per heavy atom. The van der Waals surface area contributed by atoms with Crippen molar-refractivity contribution in [3.8, 4) is 0 Å². The standard InChI is InChI=1S/C15H22BrClN2O2/c1-3-19(4-2)6-8-21-7-5-18-15(20)12-9-13(16)11-14(17)10-12/h9-11H,3-8H2,1-2H3,(H,18,20). The summed E-state index contributed by atoms with van der Waals surface area (Å²) in [4.78, 5) is 14.2. The molecule has 0 radical (unpaired) electrons. The Labute approximate surface area is 139 Å². The Balaban J connectivity index is 2.22. The zero-order valence-electron chi connectivity index (χ0n) is 12.5. The molecular weight excluding hydrogens is 356 g/mol. The maximum absolute atomic E-state index is 11.9. The largest absolute Gasteiger partial charge is 0.378 e. The molecule has 0 aliphatic rings. The van der Waals surface area contributed by atoms with Crippen LogP contribution in [-0.4, -0.2) is 50.2 Å². The summed E-state index contributed by atoms with van der Waals surface area (Å²) in [6.45, 7) is 8.92. The normalized spacial score (nSPS) is 10.9. The van der Waals surface area contributed by atoms with Gasteiger partial charge in [-0.05, 0) is 31.3 Å². The number of nitrogens with zero attached hydrogens (tertiary/aromatic N) is 1. The highest BCUT2D eigenvalue weighted by Gasteiger charge is 2.07. The van der Waals surface area contributed by atoms with E-state index in [-0.39, 0.29) is 5.91 Å². The van der Waals surface area contributed by atoms with Crippen LogP contribution >= 0.6 is 27.5 Å². The van der Waals surface area contributed by atoms with Crippen LogP contribution in [0.5, 0.6) is 0 Å². The Kier molecular flexibility index (Phi) is 8.92. The first-order valence-electron chi connectivity index (χ1n) is 7.11. The Hall–Kier alpha value is -0.620. The number of amides is 1. The number of carbonyl (C=O) groups excluding carboxylic acids is 1. The van der Waals surface area contributed by atoms with Gasteiger partial charge >= 0.3 is 0 Å². The molecule has 0 spiro atoms. The van der Waals surface area contributed by atoms with Crippen molar-refractivity contribution >= 4 is 33.4 Å². The molecule has 0 aliphatic heterocycles. The van der Waals surface area contributed by atoms with Crippen molar-refractivity contribution in [3.63, 3.8) is 0 Å². The zero-order chi connectivity index (χ0) is 15.7. The summed E-state index contributed by atoms with van der Waals surface area (Å²) in [5.41, 5.74) is 0.539. The number of ether oxygens (including phenoxy) is 1. The Morgan fingerprint density at radius 3 is 2.62 bits per heavy atom. The molecule has 1 amide bonds. The smallest absolute Gasteiger partial charge is 0.251 e. The van der Waals surface area contributed by atoms with Crippen LogP contribution in [0, 0.1) is 0 Å². The summed E-state index contributed by atoms with van der Waals surface area (Å²) in [6.07, 6.45) is 0. The van der Waals surface area contributed by atoms with Crippen LogP contribution in [0.3, 0.4) is 0 Å². The van der Waals surface area contributed by atoms with E-state index < -0.39 is 0 Å². The Bertz CT molecular complexity index is 433. The minimum absolute atomic E-state index is 0.148. The van der Waals surface area contributed by atoms with Crippen LogP contribution in [0.4, 0.5) is 0 Å². The van der Waals surface area contributed by atoms with Crippen LogP contribution in [0.15, 0.2) is 22.7 Å². The molecule has 0 unspecified atom stereocenters. The molecule has 0 atom stereocenters. The van der Waals surface area contributed by atoms with Gasteiger partial charge in [0.1, 0.15) is 0 Å². The van der Waals surface area contributed by atoms with Gasteiger partial charge < -0.3 is 15.0 Å². The van der Waals surface area contributed by atoms with E-state index >= 15 is 0 Å². The maximum atomic E-state index is 11.9. The average molecular weight is 378 g/mol. The molecule has 1 rings (SSSR count). The first-order valence-corrected chi connectivity index (χ1v) is 8.28. The van der Waals surface area contributed by atoms with E-state index in [9.17, 15) is 4.79 Å². The third-order valence-corrected chi connectivity index (χ3v) is 3.78. The number of rotatable bonds is 9. The summed E-state index contributed by atoms with van der Waals surface area (Å²) in [5, 5.41) is 3.34. The van der Waals surface area contributed by atoms with Crippen LogP contribution < -0.4 is 5.32 Å². The molecule has 4 nitrogen and oxygen atoms in total. The van der Waals surface area contributed by atoms with Crippen LogP contribution in [0.1, 0.15) is 24.2 Å². The first kappa shape index (κ1) is 18.4. The second-order valence-electron chi connectivity index (χ2n) is 4.55. The van der Waals surface area contributed by atoms with E-state index in [1.165, 1.54) is 0 Å². The van der Waals surface area contributed by atoms with Crippen LogP contribution in [0.2, 0.25) is 5.02 Å². The van der Waals surface area contributed by atoms with Crippen molar-refractivity contribution in [1.29, 1.82) is 0 Å². The van der Waals surface area contributed by atoms with E-state index in [0.717, 1.165) is 24.1 Å². The summed E-state index contributed by atoms with van der Waals surface area (Å²) >= 11 is 9.23. The number of hydrogen-bond acceptors (Lipinski definition) is 3. The molecular formula is C15H22BrClN2O2. The summed E-state index contributed by atoms with van der Waals surface area (Å²) in [7, 11) is 0. The fourth-order valence-electron chi connectivity index (χ4n) is 1.86. The molecule has 0 aromatic heterocycles. The molecule has 1 aromatic rings. The molecule has 21 heavy (non-hydrogen) atoms. The van der Waals surface area contributed by atoms with E-state index in [1.807, 2.05) is 0 Å². The van der Waals surface area contributed by atoms with Crippen molar-refractivity contribution in [2.75, 3.05) is 39.4 Å². The summed E-state index contributed by atoms with van der Waals surface area (Å²) in [5.74, 6) is -0.148. The summed E-state index contributed by atoms with van der Waals surface area (Å²) in [6, 6.07) is 5.12. The third-order valence-electron chi connectivity index (χ3n) is 3.10. The number of carbonyl (C=O) groups is 1. The van der Waals surface area contributed by atoms with E-state index in [1.54, 1.807) is 18.2 Å². The summed E-state index contributed by atoms with van der Waals surface area (Å²) < 4.78 is 6.30. The molecule has 0 fully saturated rings. The third kappa shape index (κ3) is 7.27. The number of halogens is 2. The van der Waals surface area contributed by atoms with Crippen molar-refractivity contribution in [2.45, 2.75) is 13.8 Å². The fraction of sp³-hybridized carbons (Fsp3) is 0.533. The SMILES string of the molecule is CCN(CC)CCOCCNC(=O)c1cc(Cl)cc(Br)c1. The lowest BCUT2D eigenvalue weighted by atomic mass is 10.2. The predicted octanol–water partition coefficient (Wildman–Crippen LogP) is 3.19. The van der Waals surface area contributed by atoms with Gasteiger partial charge in [0, 0.05) is 28.1 Å². The highest BCUT2D eigenvalue weighted by Crippen LogP contribution is 2.19. The average Bonchev–Trinajstić information content (AvgIpc) is 2.45. The van der Waals surface area contributed by atoms with Gasteiger partial charge in [-0.25, -0.2) is 0 Å². The van der Waals surface area contributed by atoms with E-state index in [2.05, 4.69) is 40.0 Å². The van der Waals surface area contributed by atoms with Crippen molar-refractivity contribution < 1.29 is 9.53 Å². The van der Waals surface area contributed by atoms with Crippen molar-refractivity contribution in [1.82, 2.24) is 10.2 Å². The molecule has 0 bridgehead atoms. The first-order chi connectivity index (χ1) is 10.1. The quantitative estimate of drug-likeness (QED) is 0.672. The molecule has 0 saturated heterocycles. The monoisotopic (exact) mass is 376 g/mol. The maximum Gasteiger partial charge on any atom is 0.251 e. The molecule has 0 heterocycles. The number of nitrogens with one attached hydrogen (secondary N) is 1. The second-order valence-corrected chi connectivity index (χ2v) is 5.91. The lowest BCUT2D eigenvalue weighted by molar-refractivity contribution is 0.0884.